The number of carbonyl (C=O) groups excluding carboxylic acids is 2. The minimum Gasteiger partial charge on any atom is -0.289 e. The Morgan fingerprint density at radius 3 is 2.04 bits per heavy atom. The molecule has 0 aliphatic heterocycles. The zero-order valence-corrected chi connectivity index (χ0v) is 14.4. The number of benzene rings is 2. The average Bonchev–Trinajstić information content (AvgIpc) is 2.67. The second kappa shape index (κ2) is 10.9. The molecule has 2 rings (SSSR count). The Hall–Kier alpha value is -2.74. The molecule has 0 aromatic heterocycles. The van der Waals surface area contributed by atoms with Crippen LogP contribution in [0.3, 0.4) is 0 Å². The lowest BCUT2D eigenvalue weighted by Crippen LogP contribution is -2.00. The molecule has 2 nitrogen and oxygen atoms in total. The second-order valence-corrected chi connectivity index (χ2v) is 5.89. The molecular formula is C23H23O2. The van der Waals surface area contributed by atoms with E-state index in [4.69, 9.17) is 0 Å². The van der Waals surface area contributed by atoms with E-state index in [1.165, 1.54) is 17.2 Å². The summed E-state index contributed by atoms with van der Waals surface area (Å²) in [6.07, 6.45) is 11.0. The Balaban J connectivity index is 1.75. The predicted molar refractivity (Wildman–Crippen MR) is 102 cm³/mol. The number of rotatable bonds is 10. The third-order valence-electron chi connectivity index (χ3n) is 3.95. The normalized spacial score (nSPS) is 11.6. The third kappa shape index (κ3) is 7.13. The van der Waals surface area contributed by atoms with E-state index >= 15 is 0 Å². The van der Waals surface area contributed by atoms with E-state index in [-0.39, 0.29) is 11.4 Å². The highest BCUT2D eigenvalue weighted by atomic mass is 16.1. The van der Waals surface area contributed by atoms with Gasteiger partial charge in [-0.2, -0.15) is 0 Å². The van der Waals surface area contributed by atoms with Crippen LogP contribution in [0.25, 0.3) is 0 Å². The minimum atomic E-state index is -0.261. The molecule has 0 aliphatic carbocycles. The molecule has 127 valence electrons. The van der Waals surface area contributed by atoms with E-state index in [9.17, 15) is 9.59 Å². The quantitative estimate of drug-likeness (QED) is 0.271. The Bertz CT molecular complexity index is 712. The van der Waals surface area contributed by atoms with E-state index in [2.05, 4.69) is 24.3 Å². The zero-order valence-electron chi connectivity index (χ0n) is 14.4. The molecule has 0 spiro atoms. The number of hydrogen-bond acceptors (Lipinski definition) is 2. The van der Waals surface area contributed by atoms with Crippen LogP contribution in [0.2, 0.25) is 0 Å². The molecule has 0 N–H and O–H groups in total. The van der Waals surface area contributed by atoms with Gasteiger partial charge in [-0.05, 0) is 49.3 Å². The number of allylic oxidation sites excluding steroid dienone is 4. The molecule has 1 radical (unpaired) electrons. The first-order valence-corrected chi connectivity index (χ1v) is 8.66. The van der Waals surface area contributed by atoms with Crippen LogP contribution in [0, 0.1) is 0 Å². The summed E-state index contributed by atoms with van der Waals surface area (Å²) in [5, 5.41) is 0. The van der Waals surface area contributed by atoms with Crippen molar-refractivity contribution in [2.24, 2.45) is 0 Å². The average molecular weight is 331 g/mol. The summed E-state index contributed by atoms with van der Waals surface area (Å²) in [6, 6.07) is 20.3. The summed E-state index contributed by atoms with van der Waals surface area (Å²) >= 11 is 0. The lowest BCUT2D eigenvalue weighted by molar-refractivity contribution is -0.110. The van der Waals surface area contributed by atoms with Crippen molar-refractivity contribution in [3.63, 3.8) is 0 Å². The monoisotopic (exact) mass is 331 g/mol. The van der Waals surface area contributed by atoms with Gasteiger partial charge in [0.15, 0.2) is 5.78 Å². The number of ketones is 1. The van der Waals surface area contributed by atoms with Crippen LogP contribution in [0.5, 0.6) is 0 Å². The van der Waals surface area contributed by atoms with Crippen molar-refractivity contribution in [1.29, 1.82) is 0 Å². The van der Waals surface area contributed by atoms with Gasteiger partial charge in [-0.15, -0.1) is 0 Å². The number of aryl methyl sites for hydroxylation is 2. The van der Waals surface area contributed by atoms with Crippen LogP contribution in [0.15, 0.2) is 84.5 Å². The third-order valence-corrected chi connectivity index (χ3v) is 3.95. The van der Waals surface area contributed by atoms with Gasteiger partial charge in [-0.3, -0.25) is 9.59 Å². The number of carbonyl (C=O) groups is 1. The predicted octanol–water partition coefficient (Wildman–Crippen LogP) is 4.80. The highest BCUT2D eigenvalue weighted by Gasteiger charge is 2.05. The fourth-order valence-electron chi connectivity index (χ4n) is 2.56. The van der Waals surface area contributed by atoms with E-state index in [0.717, 1.165) is 25.7 Å². The van der Waals surface area contributed by atoms with Gasteiger partial charge in [0.2, 0.25) is 6.29 Å². The van der Waals surface area contributed by atoms with Gasteiger partial charge >= 0.3 is 0 Å². The minimum absolute atomic E-state index is 0.129. The van der Waals surface area contributed by atoms with Gasteiger partial charge < -0.3 is 0 Å². The van der Waals surface area contributed by atoms with Crippen LogP contribution in [-0.4, -0.2) is 12.1 Å². The molecule has 0 saturated carbocycles. The molecule has 0 heterocycles. The fourth-order valence-corrected chi connectivity index (χ4v) is 2.56. The summed E-state index contributed by atoms with van der Waals surface area (Å²) in [7, 11) is 0. The van der Waals surface area contributed by atoms with Gasteiger partial charge in [0.05, 0.1) is 5.57 Å². The van der Waals surface area contributed by atoms with Crippen LogP contribution in [0.1, 0.15) is 30.4 Å². The largest absolute Gasteiger partial charge is 0.289 e. The number of hydrogen-bond donors (Lipinski definition) is 0. The highest BCUT2D eigenvalue weighted by molar-refractivity contribution is 6.17. The molecule has 25 heavy (non-hydrogen) atoms. The van der Waals surface area contributed by atoms with Crippen LogP contribution in [-0.2, 0) is 22.4 Å². The molecule has 0 unspecified atom stereocenters. The van der Waals surface area contributed by atoms with Crippen molar-refractivity contribution in [1.82, 2.24) is 0 Å². The van der Waals surface area contributed by atoms with Gasteiger partial charge in [0, 0.05) is 0 Å². The van der Waals surface area contributed by atoms with E-state index in [1.54, 1.807) is 12.4 Å². The standard InChI is InChI=1S/C23H23O2/c24-19-22(17-9-7-15-20-11-3-1-4-12-20)23(25)18-10-8-16-21-13-5-2-6-14-21/h1-6,10-14,17-18H,7-9,15-16H2. The maximum atomic E-state index is 12.0. The first kappa shape index (κ1) is 18.6. The smallest absolute Gasteiger partial charge is 0.237 e. The van der Waals surface area contributed by atoms with Gasteiger partial charge in [-0.25, -0.2) is 0 Å². The topological polar surface area (TPSA) is 34.1 Å². The Morgan fingerprint density at radius 2 is 1.44 bits per heavy atom. The summed E-state index contributed by atoms with van der Waals surface area (Å²) in [5.74, 6) is -0.261. The summed E-state index contributed by atoms with van der Waals surface area (Å²) < 4.78 is 0. The Kier molecular flexibility index (Phi) is 8.13. The van der Waals surface area contributed by atoms with Crippen molar-refractivity contribution in [2.75, 3.05) is 0 Å². The molecular weight excluding hydrogens is 308 g/mol. The van der Waals surface area contributed by atoms with Crippen molar-refractivity contribution < 1.29 is 9.59 Å². The SMILES string of the molecule is O=[C]C(=CCCCc1ccccc1)C(=O)C=CCCc1ccccc1. The van der Waals surface area contributed by atoms with E-state index in [1.807, 2.05) is 42.5 Å². The number of unbranched alkanes of at least 4 members (excludes halogenated alkanes) is 1. The van der Waals surface area contributed by atoms with Crippen molar-refractivity contribution in [3.05, 3.63) is 95.6 Å². The fraction of sp³-hybridized carbons (Fsp3) is 0.217. The second-order valence-electron chi connectivity index (χ2n) is 5.89. The molecule has 2 aromatic rings. The highest BCUT2D eigenvalue weighted by Crippen LogP contribution is 2.07. The summed E-state index contributed by atoms with van der Waals surface area (Å²) in [6.45, 7) is 0. The molecule has 0 amide bonds. The maximum absolute atomic E-state index is 12.0. The Labute approximate surface area is 149 Å². The molecule has 0 atom stereocenters. The molecule has 0 fully saturated rings. The van der Waals surface area contributed by atoms with Crippen molar-refractivity contribution in [3.8, 4) is 0 Å². The molecule has 0 aliphatic rings. The first-order chi connectivity index (χ1) is 12.3. The van der Waals surface area contributed by atoms with Gasteiger partial charge in [0.25, 0.3) is 0 Å². The van der Waals surface area contributed by atoms with Gasteiger partial charge in [-0.1, -0.05) is 72.8 Å². The van der Waals surface area contributed by atoms with Crippen molar-refractivity contribution in [2.45, 2.75) is 32.1 Å². The molecule has 2 heteroatoms. The van der Waals surface area contributed by atoms with Crippen LogP contribution in [0.4, 0.5) is 0 Å². The van der Waals surface area contributed by atoms with Crippen LogP contribution < -0.4 is 0 Å². The Morgan fingerprint density at radius 1 is 0.840 bits per heavy atom. The van der Waals surface area contributed by atoms with Crippen molar-refractivity contribution >= 4 is 12.1 Å². The molecule has 0 saturated heterocycles. The zero-order chi connectivity index (χ0) is 17.7. The summed E-state index contributed by atoms with van der Waals surface area (Å²) in [4.78, 5) is 23.0. The molecule has 0 bridgehead atoms. The van der Waals surface area contributed by atoms with Crippen LogP contribution >= 0.6 is 0 Å². The van der Waals surface area contributed by atoms with E-state index in [0.29, 0.717) is 6.42 Å². The van der Waals surface area contributed by atoms with E-state index < -0.39 is 0 Å². The first-order valence-electron chi connectivity index (χ1n) is 8.66. The molecule has 2 aromatic carbocycles. The lowest BCUT2D eigenvalue weighted by atomic mass is 10.1. The summed E-state index contributed by atoms with van der Waals surface area (Å²) in [5.41, 5.74) is 2.63. The van der Waals surface area contributed by atoms with Gasteiger partial charge in [0.1, 0.15) is 0 Å². The maximum Gasteiger partial charge on any atom is 0.237 e. The lowest BCUT2D eigenvalue weighted by Gasteiger charge is -1.99.